The molecule has 0 amide bonds. The van der Waals surface area contributed by atoms with Gasteiger partial charge in [-0.05, 0) is 44.0 Å². The van der Waals surface area contributed by atoms with Gasteiger partial charge in [-0.15, -0.1) is 0 Å². The fourth-order valence-electron chi connectivity index (χ4n) is 3.02. The molecule has 0 saturated heterocycles. The highest BCUT2D eigenvalue weighted by atomic mass is 32.1. The van der Waals surface area contributed by atoms with Crippen LogP contribution in [0.2, 0.25) is 0 Å². The summed E-state index contributed by atoms with van der Waals surface area (Å²) in [7, 11) is 1.63. The number of ether oxygens (including phenoxy) is 1. The minimum absolute atomic E-state index is 0.118. The number of nitrogens with one attached hydrogen (secondary N) is 1. The molecule has 2 heterocycles. The van der Waals surface area contributed by atoms with Crippen LogP contribution >= 0.6 is 12.2 Å². The van der Waals surface area contributed by atoms with E-state index in [1.54, 1.807) is 7.11 Å². The second-order valence-electron chi connectivity index (χ2n) is 7.04. The predicted molar refractivity (Wildman–Crippen MR) is 84.9 cm³/mol. The minimum Gasteiger partial charge on any atom is -0.481 e. The molecule has 0 fully saturated rings. The van der Waals surface area contributed by atoms with Crippen LogP contribution in [0.1, 0.15) is 41.0 Å². The van der Waals surface area contributed by atoms with Gasteiger partial charge in [0.15, 0.2) is 10.4 Å². The first kappa shape index (κ1) is 15.0. The molecule has 2 aromatic heterocycles. The topological polar surface area (TPSA) is 42.8 Å². The Hall–Kier alpha value is -1.36. The second kappa shape index (κ2) is 4.88. The summed E-state index contributed by atoms with van der Waals surface area (Å²) in [5, 5.41) is 0. The van der Waals surface area contributed by atoms with Crippen molar-refractivity contribution in [1.29, 1.82) is 0 Å². The summed E-state index contributed by atoms with van der Waals surface area (Å²) >= 11 is 5.50. The summed E-state index contributed by atoms with van der Waals surface area (Å²) < 4.78 is 8.03. The van der Waals surface area contributed by atoms with Gasteiger partial charge in [0.05, 0.1) is 12.6 Å². The van der Waals surface area contributed by atoms with Crippen LogP contribution in [0.25, 0.3) is 11.2 Å². The van der Waals surface area contributed by atoms with Gasteiger partial charge in [0, 0.05) is 11.6 Å². The van der Waals surface area contributed by atoms with Crippen molar-refractivity contribution in [3.8, 4) is 5.88 Å². The molecule has 0 aromatic carbocycles. The monoisotopic (exact) mass is 293 g/mol. The van der Waals surface area contributed by atoms with Crippen LogP contribution in [0.5, 0.6) is 5.88 Å². The summed E-state index contributed by atoms with van der Waals surface area (Å²) in [6, 6.07) is 3.80. The number of hydrogen-bond donors (Lipinski definition) is 1. The zero-order chi connectivity index (χ0) is 15.1. The average Bonchev–Trinajstić information content (AvgIpc) is 2.60. The van der Waals surface area contributed by atoms with E-state index in [-0.39, 0.29) is 11.0 Å². The normalized spacial score (nSPS) is 12.9. The molecule has 0 bridgehead atoms. The maximum absolute atomic E-state index is 5.50. The largest absolute Gasteiger partial charge is 0.481 e. The molecule has 110 valence electrons. The maximum atomic E-state index is 5.50. The van der Waals surface area contributed by atoms with E-state index in [1.807, 2.05) is 12.1 Å². The molecule has 0 atom stereocenters. The van der Waals surface area contributed by atoms with Crippen LogP contribution in [-0.4, -0.2) is 21.6 Å². The molecule has 0 unspecified atom stereocenters. The smallest absolute Gasteiger partial charge is 0.215 e. The van der Waals surface area contributed by atoms with Gasteiger partial charge in [-0.3, -0.25) is 4.57 Å². The SMILES string of the molecule is COc1ccc2[nH]c(=S)n(C(C)(C)CC(C)(C)C)c2n1. The first-order chi connectivity index (χ1) is 9.14. The highest BCUT2D eigenvalue weighted by molar-refractivity contribution is 7.71. The first-order valence-corrected chi connectivity index (χ1v) is 7.21. The number of pyridine rings is 1. The molecule has 0 aliphatic heterocycles. The fraction of sp³-hybridized carbons (Fsp3) is 0.600. The second-order valence-corrected chi connectivity index (χ2v) is 7.43. The van der Waals surface area contributed by atoms with Crippen molar-refractivity contribution >= 4 is 23.4 Å². The van der Waals surface area contributed by atoms with Gasteiger partial charge >= 0.3 is 0 Å². The molecule has 0 saturated carbocycles. The molecule has 20 heavy (non-hydrogen) atoms. The van der Waals surface area contributed by atoms with Crippen LogP contribution in [0.4, 0.5) is 0 Å². The van der Waals surface area contributed by atoms with Crippen molar-refractivity contribution in [2.24, 2.45) is 5.41 Å². The lowest BCUT2D eigenvalue weighted by atomic mass is 9.81. The molecule has 0 aliphatic rings. The number of aromatic nitrogens is 3. The van der Waals surface area contributed by atoms with E-state index < -0.39 is 0 Å². The van der Waals surface area contributed by atoms with E-state index in [0.717, 1.165) is 17.6 Å². The molecule has 2 aromatic rings. The number of methoxy groups -OCH3 is 1. The third-order valence-corrected chi connectivity index (χ3v) is 3.57. The number of hydrogen-bond acceptors (Lipinski definition) is 3. The maximum Gasteiger partial charge on any atom is 0.215 e. The van der Waals surface area contributed by atoms with Crippen molar-refractivity contribution in [2.45, 2.75) is 46.6 Å². The Morgan fingerprint density at radius 1 is 1.25 bits per heavy atom. The summed E-state index contributed by atoms with van der Waals surface area (Å²) in [5.74, 6) is 0.604. The Morgan fingerprint density at radius 3 is 2.45 bits per heavy atom. The summed E-state index contributed by atoms with van der Waals surface area (Å²) in [6.45, 7) is 11.1. The molecule has 2 rings (SSSR count). The van der Waals surface area contributed by atoms with Gasteiger partial charge in [-0.25, -0.2) is 0 Å². The van der Waals surface area contributed by atoms with E-state index in [0.29, 0.717) is 10.7 Å². The highest BCUT2D eigenvalue weighted by Gasteiger charge is 2.29. The van der Waals surface area contributed by atoms with Crippen LogP contribution in [0.3, 0.4) is 0 Å². The third-order valence-electron chi connectivity index (χ3n) is 3.28. The lowest BCUT2D eigenvalue weighted by Gasteiger charge is -2.33. The quantitative estimate of drug-likeness (QED) is 0.859. The number of imidazole rings is 1. The Labute approximate surface area is 125 Å². The van der Waals surface area contributed by atoms with Crippen molar-refractivity contribution in [2.75, 3.05) is 7.11 Å². The Morgan fingerprint density at radius 2 is 1.90 bits per heavy atom. The number of rotatable bonds is 3. The van der Waals surface area contributed by atoms with E-state index in [4.69, 9.17) is 17.0 Å². The van der Waals surface area contributed by atoms with E-state index >= 15 is 0 Å². The highest BCUT2D eigenvalue weighted by Crippen LogP contribution is 2.34. The molecule has 0 aliphatic carbocycles. The van der Waals surface area contributed by atoms with Gasteiger partial charge in [0.1, 0.15) is 0 Å². The molecule has 0 radical (unpaired) electrons. The van der Waals surface area contributed by atoms with Crippen molar-refractivity contribution < 1.29 is 4.74 Å². The Bertz CT molecular complexity index is 676. The van der Waals surface area contributed by atoms with E-state index in [2.05, 4.69) is 49.2 Å². The van der Waals surface area contributed by atoms with Gasteiger partial charge in [0.25, 0.3) is 0 Å². The number of nitrogens with zero attached hydrogens (tertiary/aromatic N) is 2. The van der Waals surface area contributed by atoms with Crippen molar-refractivity contribution in [3.63, 3.8) is 0 Å². The van der Waals surface area contributed by atoms with E-state index in [1.165, 1.54) is 0 Å². The molecule has 4 nitrogen and oxygen atoms in total. The number of H-pyrrole nitrogens is 1. The Kier molecular flexibility index (Phi) is 3.67. The predicted octanol–water partition coefficient (Wildman–Crippen LogP) is 4.27. The van der Waals surface area contributed by atoms with Crippen molar-refractivity contribution in [3.05, 3.63) is 16.9 Å². The van der Waals surface area contributed by atoms with Crippen LogP contribution in [0, 0.1) is 10.2 Å². The van der Waals surface area contributed by atoms with Crippen LogP contribution in [0.15, 0.2) is 12.1 Å². The molecular weight excluding hydrogens is 270 g/mol. The summed E-state index contributed by atoms with van der Waals surface area (Å²) in [6.07, 6.45) is 1.00. The zero-order valence-electron chi connectivity index (χ0n) is 13.1. The fourth-order valence-corrected chi connectivity index (χ4v) is 3.46. The molecule has 0 spiro atoms. The third kappa shape index (κ3) is 2.87. The van der Waals surface area contributed by atoms with Crippen molar-refractivity contribution in [1.82, 2.24) is 14.5 Å². The van der Waals surface area contributed by atoms with Gasteiger partial charge in [-0.2, -0.15) is 4.98 Å². The minimum atomic E-state index is -0.118. The molecule has 1 N–H and O–H groups in total. The Balaban J connectivity index is 2.63. The van der Waals surface area contributed by atoms with Crippen LogP contribution in [-0.2, 0) is 5.54 Å². The number of fused-ring (bicyclic) bond motifs is 1. The summed E-state index contributed by atoms with van der Waals surface area (Å²) in [4.78, 5) is 7.78. The number of aromatic amines is 1. The lowest BCUT2D eigenvalue weighted by molar-refractivity contribution is 0.217. The summed E-state index contributed by atoms with van der Waals surface area (Å²) in [5.41, 5.74) is 1.88. The standard InChI is InChI=1S/C15H23N3OS/c1-14(2,3)9-15(4,5)18-12-10(16-13(18)20)7-8-11(17-12)19-6/h7-8H,9H2,1-6H3,(H,16,20). The van der Waals surface area contributed by atoms with Crippen LogP contribution < -0.4 is 4.74 Å². The van der Waals surface area contributed by atoms with Gasteiger partial charge < -0.3 is 9.72 Å². The van der Waals surface area contributed by atoms with Gasteiger partial charge in [-0.1, -0.05) is 20.8 Å². The first-order valence-electron chi connectivity index (χ1n) is 6.80. The zero-order valence-corrected chi connectivity index (χ0v) is 13.9. The average molecular weight is 293 g/mol. The molecule has 5 heteroatoms. The van der Waals surface area contributed by atoms with E-state index in [9.17, 15) is 0 Å². The van der Waals surface area contributed by atoms with Gasteiger partial charge in [0.2, 0.25) is 5.88 Å². The lowest BCUT2D eigenvalue weighted by Crippen LogP contribution is -2.31. The molecular formula is C15H23N3OS.